The molecule has 1 aromatic heterocycles. The third kappa shape index (κ3) is 2.01. The molecule has 0 radical (unpaired) electrons. The molecule has 0 atom stereocenters. The summed E-state index contributed by atoms with van der Waals surface area (Å²) >= 11 is 8.13. The molecule has 2 nitrogen and oxygen atoms in total. The van der Waals surface area contributed by atoms with Gasteiger partial charge in [-0.2, -0.15) is 0 Å². The Labute approximate surface area is 110 Å². The van der Waals surface area contributed by atoms with E-state index in [1.807, 2.05) is 17.4 Å². The largest absolute Gasteiger partial charge is 0.347 e. The zero-order valence-corrected chi connectivity index (χ0v) is 11.1. The van der Waals surface area contributed by atoms with Gasteiger partial charge in [-0.25, -0.2) is 0 Å². The molecule has 1 aliphatic heterocycles. The summed E-state index contributed by atoms with van der Waals surface area (Å²) in [6, 6.07) is 12.6. The van der Waals surface area contributed by atoms with E-state index < -0.39 is 0 Å². The molecule has 2 heterocycles. The van der Waals surface area contributed by atoms with E-state index in [0.717, 1.165) is 13.2 Å². The van der Waals surface area contributed by atoms with Gasteiger partial charge >= 0.3 is 0 Å². The minimum absolute atomic E-state index is 0.731. The van der Waals surface area contributed by atoms with E-state index in [1.165, 1.54) is 21.1 Å². The minimum Gasteiger partial charge on any atom is -0.347 e. The lowest BCUT2D eigenvalue weighted by Crippen LogP contribution is -2.36. The molecule has 0 unspecified atom stereocenters. The summed E-state index contributed by atoms with van der Waals surface area (Å²) in [5, 5.41) is 0. The van der Waals surface area contributed by atoms with Gasteiger partial charge in [0.1, 0.15) is 6.67 Å². The molecule has 0 fully saturated rings. The summed E-state index contributed by atoms with van der Waals surface area (Å²) in [6.45, 7) is 3.80. The first-order chi connectivity index (χ1) is 8.24. The molecule has 2 aromatic rings. The summed E-state index contributed by atoms with van der Waals surface area (Å²) in [4.78, 5) is 4.94. The predicted octanol–water partition coefficient (Wildman–Crippen LogP) is 3.99. The summed E-state index contributed by atoms with van der Waals surface area (Å²) < 4.78 is 1.80. The number of rotatable bonds is 1. The zero-order chi connectivity index (χ0) is 11.8. The highest BCUT2D eigenvalue weighted by molar-refractivity contribution is 7.12. The monoisotopic (exact) mass is 264 g/mol. The Morgan fingerprint density at radius 3 is 2.76 bits per heavy atom. The van der Waals surface area contributed by atoms with Crippen LogP contribution in [0.3, 0.4) is 0 Å². The standard InChI is InChI=1S/C13H13ClN2S/c1-10-7-12-13(17-10)8-15(9-16(12)14)11-5-3-2-4-6-11/h2-7H,8-9H2,1H3. The van der Waals surface area contributed by atoms with Gasteiger partial charge in [0.05, 0.1) is 12.2 Å². The molecule has 0 saturated heterocycles. The van der Waals surface area contributed by atoms with E-state index in [1.54, 1.807) is 4.42 Å². The molecule has 1 aliphatic rings. The van der Waals surface area contributed by atoms with Crippen molar-refractivity contribution in [1.29, 1.82) is 0 Å². The molecule has 88 valence electrons. The van der Waals surface area contributed by atoms with E-state index in [-0.39, 0.29) is 0 Å². The first kappa shape index (κ1) is 10.9. The quantitative estimate of drug-likeness (QED) is 0.719. The molecular formula is C13H13ClN2S. The van der Waals surface area contributed by atoms with Crippen LogP contribution in [0, 0.1) is 6.92 Å². The highest BCUT2D eigenvalue weighted by atomic mass is 35.5. The smallest absolute Gasteiger partial charge is 0.106 e. The average Bonchev–Trinajstić information content (AvgIpc) is 2.71. The van der Waals surface area contributed by atoms with E-state index in [0.29, 0.717) is 0 Å². The van der Waals surface area contributed by atoms with E-state index in [4.69, 9.17) is 11.8 Å². The summed E-state index contributed by atoms with van der Waals surface area (Å²) in [5.74, 6) is 0. The maximum atomic E-state index is 6.30. The van der Waals surface area contributed by atoms with Gasteiger partial charge in [0.2, 0.25) is 0 Å². The van der Waals surface area contributed by atoms with E-state index >= 15 is 0 Å². The Hall–Kier alpha value is -1.19. The van der Waals surface area contributed by atoms with Crippen LogP contribution < -0.4 is 9.32 Å². The fourth-order valence-electron chi connectivity index (χ4n) is 2.13. The molecule has 4 heteroatoms. The van der Waals surface area contributed by atoms with Crippen LogP contribution in [-0.2, 0) is 6.54 Å². The highest BCUT2D eigenvalue weighted by Crippen LogP contribution is 2.37. The van der Waals surface area contributed by atoms with Crippen molar-refractivity contribution in [2.45, 2.75) is 13.5 Å². The number of hydrogen-bond donors (Lipinski definition) is 0. The van der Waals surface area contributed by atoms with Crippen molar-refractivity contribution in [2.24, 2.45) is 0 Å². The maximum Gasteiger partial charge on any atom is 0.106 e. The zero-order valence-electron chi connectivity index (χ0n) is 9.56. The van der Waals surface area contributed by atoms with Gasteiger partial charge in [-0.1, -0.05) is 18.2 Å². The number of halogens is 1. The molecule has 0 amide bonds. The van der Waals surface area contributed by atoms with Crippen LogP contribution in [0.15, 0.2) is 36.4 Å². The highest BCUT2D eigenvalue weighted by Gasteiger charge is 2.23. The van der Waals surface area contributed by atoms with Crippen molar-refractivity contribution in [3.05, 3.63) is 46.2 Å². The molecule has 0 saturated carbocycles. The fraction of sp³-hybridized carbons (Fsp3) is 0.231. The Balaban J connectivity index is 1.93. The first-order valence-corrected chi connectivity index (χ1v) is 6.72. The molecule has 0 N–H and O–H groups in total. The van der Waals surface area contributed by atoms with Gasteiger partial charge in [0.25, 0.3) is 0 Å². The number of anilines is 2. The molecular weight excluding hydrogens is 252 g/mol. The Bertz CT molecular complexity index is 523. The van der Waals surface area contributed by atoms with Crippen molar-refractivity contribution in [2.75, 3.05) is 16.0 Å². The maximum absolute atomic E-state index is 6.30. The number of aryl methyl sites for hydroxylation is 1. The average molecular weight is 265 g/mol. The van der Waals surface area contributed by atoms with Gasteiger partial charge in [-0.15, -0.1) is 11.3 Å². The van der Waals surface area contributed by atoms with Gasteiger partial charge in [-0.3, -0.25) is 4.42 Å². The molecule has 3 rings (SSSR count). The SMILES string of the molecule is Cc1cc2c(s1)CN(c1ccccc1)CN2Cl. The number of thiophene rings is 1. The fourth-order valence-corrected chi connectivity index (χ4v) is 3.51. The first-order valence-electron chi connectivity index (χ1n) is 5.56. The van der Waals surface area contributed by atoms with Crippen LogP contribution >= 0.6 is 23.1 Å². The molecule has 0 bridgehead atoms. The topological polar surface area (TPSA) is 6.48 Å². The number of hydrogen-bond acceptors (Lipinski definition) is 3. The van der Waals surface area contributed by atoms with Crippen molar-refractivity contribution >= 4 is 34.5 Å². The lowest BCUT2D eigenvalue weighted by atomic mass is 10.2. The lowest BCUT2D eigenvalue weighted by Gasteiger charge is -2.33. The van der Waals surface area contributed by atoms with Gasteiger partial charge in [-0.05, 0) is 25.1 Å². The number of fused-ring (bicyclic) bond motifs is 1. The predicted molar refractivity (Wildman–Crippen MR) is 74.9 cm³/mol. The van der Waals surface area contributed by atoms with Crippen LogP contribution in [0.4, 0.5) is 11.4 Å². The van der Waals surface area contributed by atoms with Crippen LogP contribution in [0.2, 0.25) is 0 Å². The van der Waals surface area contributed by atoms with Crippen molar-refractivity contribution in [1.82, 2.24) is 0 Å². The van der Waals surface area contributed by atoms with Crippen LogP contribution in [0.5, 0.6) is 0 Å². The molecule has 17 heavy (non-hydrogen) atoms. The van der Waals surface area contributed by atoms with E-state index in [2.05, 4.69) is 42.2 Å². The number of nitrogens with zero attached hydrogens (tertiary/aromatic N) is 2. The normalized spacial score (nSPS) is 14.9. The molecule has 1 aromatic carbocycles. The molecule has 0 aliphatic carbocycles. The molecule has 0 spiro atoms. The Morgan fingerprint density at radius 1 is 1.24 bits per heavy atom. The Morgan fingerprint density at radius 2 is 2.00 bits per heavy atom. The van der Waals surface area contributed by atoms with Gasteiger partial charge in [0, 0.05) is 27.2 Å². The van der Waals surface area contributed by atoms with Crippen LogP contribution in [-0.4, -0.2) is 6.67 Å². The second-order valence-electron chi connectivity index (χ2n) is 4.20. The van der Waals surface area contributed by atoms with Gasteiger partial charge < -0.3 is 4.90 Å². The summed E-state index contributed by atoms with van der Waals surface area (Å²) in [7, 11) is 0. The number of benzene rings is 1. The van der Waals surface area contributed by atoms with E-state index in [9.17, 15) is 0 Å². The number of para-hydroxylation sites is 1. The summed E-state index contributed by atoms with van der Waals surface area (Å²) in [6.07, 6.45) is 0. The third-order valence-corrected chi connectivity index (χ3v) is 4.24. The lowest BCUT2D eigenvalue weighted by molar-refractivity contribution is 0.787. The van der Waals surface area contributed by atoms with Crippen molar-refractivity contribution < 1.29 is 0 Å². The summed E-state index contributed by atoms with van der Waals surface area (Å²) in [5.41, 5.74) is 2.39. The second-order valence-corrected chi connectivity index (χ2v) is 5.95. The third-order valence-electron chi connectivity index (χ3n) is 2.92. The van der Waals surface area contributed by atoms with Crippen LogP contribution in [0.25, 0.3) is 0 Å². The van der Waals surface area contributed by atoms with Crippen molar-refractivity contribution in [3.8, 4) is 0 Å². The van der Waals surface area contributed by atoms with Gasteiger partial charge in [0.15, 0.2) is 0 Å². The second kappa shape index (κ2) is 4.24. The van der Waals surface area contributed by atoms with Crippen LogP contribution in [0.1, 0.15) is 9.75 Å². The minimum atomic E-state index is 0.731. The van der Waals surface area contributed by atoms with Crippen molar-refractivity contribution in [3.63, 3.8) is 0 Å². The Kier molecular flexibility index (Phi) is 2.73.